The van der Waals surface area contributed by atoms with Crippen LogP contribution in [0.15, 0.2) is 91.3 Å². The molecule has 0 bridgehead atoms. The molecule has 184 valence electrons. The first-order chi connectivity index (χ1) is 17.2. The highest BCUT2D eigenvalue weighted by Crippen LogP contribution is 2.29. The Kier molecular flexibility index (Phi) is 8.33. The zero-order chi connectivity index (χ0) is 26.4. The second-order valence-corrected chi connectivity index (χ2v) is 8.20. The van der Waals surface area contributed by atoms with Crippen molar-refractivity contribution in [2.45, 2.75) is 27.7 Å². The fraction of sp³-hybridized carbons (Fsp3) is 0.133. The molecule has 4 nitrogen and oxygen atoms in total. The monoisotopic (exact) mass is 484 g/mol. The van der Waals surface area contributed by atoms with Crippen molar-refractivity contribution in [2.75, 3.05) is 5.32 Å². The maximum Gasteiger partial charge on any atom is 0.142 e. The van der Waals surface area contributed by atoms with E-state index in [2.05, 4.69) is 40.2 Å². The number of hydrogen-bond donors (Lipinski definition) is 2. The van der Waals surface area contributed by atoms with Crippen LogP contribution >= 0.6 is 0 Å². The largest absolute Gasteiger partial charge is 0.353 e. The Labute approximate surface area is 210 Å². The zero-order valence-corrected chi connectivity index (χ0v) is 21.0. The van der Waals surface area contributed by atoms with Crippen LogP contribution in [0.5, 0.6) is 0 Å². The average Bonchev–Trinajstić information content (AvgIpc) is 3.29. The van der Waals surface area contributed by atoms with E-state index >= 15 is 4.39 Å². The fourth-order valence-corrected chi connectivity index (χ4v) is 4.00. The van der Waals surface area contributed by atoms with E-state index < -0.39 is 5.83 Å². The number of allylic oxidation sites excluding steroid dienone is 6. The van der Waals surface area contributed by atoms with E-state index in [4.69, 9.17) is 0 Å². The molecule has 2 aromatic heterocycles. The molecule has 2 N–H and O–H groups in total. The Bertz CT molecular complexity index is 1520. The van der Waals surface area contributed by atoms with Gasteiger partial charge in [0.05, 0.1) is 28.1 Å². The summed E-state index contributed by atoms with van der Waals surface area (Å²) >= 11 is 0. The van der Waals surface area contributed by atoms with Gasteiger partial charge in [-0.25, -0.2) is 8.78 Å². The minimum atomic E-state index is -0.511. The van der Waals surface area contributed by atoms with Gasteiger partial charge in [-0.15, -0.1) is 0 Å². The molecule has 0 amide bonds. The van der Waals surface area contributed by atoms with Gasteiger partial charge in [0.1, 0.15) is 17.3 Å². The smallest absolute Gasteiger partial charge is 0.142 e. The number of aromatic amines is 1. The lowest BCUT2D eigenvalue weighted by atomic mass is 9.97. The third-order valence-corrected chi connectivity index (χ3v) is 5.90. The average molecular weight is 485 g/mol. The second kappa shape index (κ2) is 11.4. The van der Waals surface area contributed by atoms with E-state index in [0.717, 1.165) is 16.7 Å². The van der Waals surface area contributed by atoms with E-state index in [1.54, 1.807) is 43.6 Å². The number of H-pyrrole nitrogens is 1. The molecule has 1 aromatic carbocycles. The van der Waals surface area contributed by atoms with Gasteiger partial charge in [0, 0.05) is 17.3 Å². The predicted octanol–water partition coefficient (Wildman–Crippen LogP) is 6.51. The van der Waals surface area contributed by atoms with Crippen LogP contribution in [-0.2, 0) is 0 Å². The van der Waals surface area contributed by atoms with Gasteiger partial charge in [0.25, 0.3) is 0 Å². The number of nitrogens with one attached hydrogen (secondary N) is 2. The number of pyridine rings is 1. The zero-order valence-electron chi connectivity index (χ0n) is 21.0. The predicted molar refractivity (Wildman–Crippen MR) is 146 cm³/mol. The molecule has 0 aliphatic rings. The molecule has 0 spiro atoms. The van der Waals surface area contributed by atoms with Crippen LogP contribution in [0, 0.1) is 12.7 Å². The molecule has 6 heteroatoms. The first-order valence-electron chi connectivity index (χ1n) is 11.5. The number of rotatable bonds is 8. The summed E-state index contributed by atoms with van der Waals surface area (Å²) in [5, 5.41) is 11.2. The van der Waals surface area contributed by atoms with E-state index in [1.165, 1.54) is 12.1 Å². The highest BCUT2D eigenvalue weighted by atomic mass is 19.1. The maximum absolute atomic E-state index is 15.9. The van der Waals surface area contributed by atoms with Crippen LogP contribution in [0.2, 0.25) is 0 Å². The van der Waals surface area contributed by atoms with Crippen molar-refractivity contribution in [3.05, 3.63) is 119 Å². The summed E-state index contributed by atoms with van der Waals surface area (Å²) < 4.78 is 29.7. The number of anilines is 1. The van der Waals surface area contributed by atoms with Crippen LogP contribution in [0.1, 0.15) is 32.0 Å². The summed E-state index contributed by atoms with van der Waals surface area (Å²) in [7, 11) is 0. The third kappa shape index (κ3) is 5.33. The van der Waals surface area contributed by atoms with E-state index in [1.807, 2.05) is 32.9 Å². The van der Waals surface area contributed by atoms with Crippen molar-refractivity contribution in [1.82, 2.24) is 15.2 Å². The van der Waals surface area contributed by atoms with Crippen LogP contribution in [0.3, 0.4) is 0 Å². The van der Waals surface area contributed by atoms with Gasteiger partial charge in [-0.05, 0) is 62.1 Å². The molecule has 0 fully saturated rings. The number of benzene rings is 1. The second-order valence-electron chi connectivity index (χ2n) is 8.20. The summed E-state index contributed by atoms with van der Waals surface area (Å²) in [4.78, 5) is 4.30. The Balaban J connectivity index is 2.07. The molecule has 2 heterocycles. The summed E-state index contributed by atoms with van der Waals surface area (Å²) in [5.41, 5.74) is 5.40. The van der Waals surface area contributed by atoms with Crippen LogP contribution in [0.25, 0.3) is 28.7 Å². The number of nitrogens with zero attached hydrogens (tertiary/aromatic N) is 2. The summed E-state index contributed by atoms with van der Waals surface area (Å²) in [5.74, 6) is -0.841. The molecular weight excluding hydrogens is 454 g/mol. The van der Waals surface area contributed by atoms with Crippen molar-refractivity contribution < 1.29 is 8.78 Å². The van der Waals surface area contributed by atoms with Crippen LogP contribution in [-0.4, -0.2) is 15.2 Å². The van der Waals surface area contributed by atoms with Crippen LogP contribution in [0.4, 0.5) is 14.5 Å². The van der Waals surface area contributed by atoms with Gasteiger partial charge in [-0.3, -0.25) is 10.1 Å². The lowest BCUT2D eigenvalue weighted by molar-refractivity contribution is 0.628. The number of hydrogen-bond acceptors (Lipinski definition) is 3. The van der Waals surface area contributed by atoms with Gasteiger partial charge in [0.2, 0.25) is 0 Å². The van der Waals surface area contributed by atoms with E-state index in [-0.39, 0.29) is 16.6 Å². The van der Waals surface area contributed by atoms with Crippen molar-refractivity contribution in [3.63, 3.8) is 0 Å². The molecule has 3 aromatic rings. The van der Waals surface area contributed by atoms with Crippen molar-refractivity contribution in [2.24, 2.45) is 0 Å². The first kappa shape index (κ1) is 26.3. The fourth-order valence-electron chi connectivity index (χ4n) is 4.00. The lowest BCUT2D eigenvalue weighted by Gasteiger charge is -2.14. The highest BCUT2D eigenvalue weighted by molar-refractivity contribution is 5.81. The summed E-state index contributed by atoms with van der Waals surface area (Å²) in [6.45, 7) is 19.2. The number of aromatic nitrogens is 3. The minimum Gasteiger partial charge on any atom is -0.353 e. The molecule has 0 aliphatic heterocycles. The van der Waals surface area contributed by atoms with Gasteiger partial charge >= 0.3 is 0 Å². The van der Waals surface area contributed by atoms with Gasteiger partial charge in [0.15, 0.2) is 0 Å². The summed E-state index contributed by atoms with van der Waals surface area (Å²) in [6.07, 6.45) is 10.3. The molecule has 0 saturated carbocycles. The number of halogens is 2. The molecule has 36 heavy (non-hydrogen) atoms. The van der Waals surface area contributed by atoms with Crippen molar-refractivity contribution in [3.8, 4) is 11.1 Å². The molecule has 0 unspecified atom stereocenters. The molecule has 3 rings (SSSR count). The third-order valence-electron chi connectivity index (χ3n) is 5.90. The van der Waals surface area contributed by atoms with E-state index in [9.17, 15) is 4.39 Å². The Morgan fingerprint density at radius 3 is 2.56 bits per heavy atom. The Morgan fingerprint density at radius 1 is 1.17 bits per heavy atom. The normalized spacial score (nSPS) is 13.4. The topological polar surface area (TPSA) is 53.6 Å². The summed E-state index contributed by atoms with van der Waals surface area (Å²) in [6, 6.07) is 6.32. The maximum atomic E-state index is 15.9. The molecule has 0 atom stereocenters. The van der Waals surface area contributed by atoms with Crippen LogP contribution < -0.4 is 15.9 Å². The minimum absolute atomic E-state index is 0.234. The quantitative estimate of drug-likeness (QED) is 0.358. The Hall–Kier alpha value is -4.32. The van der Waals surface area contributed by atoms with Crippen molar-refractivity contribution in [1.29, 1.82) is 0 Å². The highest BCUT2D eigenvalue weighted by Gasteiger charge is 2.17. The SMILES string of the molecule is C=C/C=C(C)\C(=C/C)C(=C)/C(F)=c1/c(C(=C)Nc2cncc(-c3cccc(F)c3)c2C)n[nH]/c1=C/C. The van der Waals surface area contributed by atoms with E-state index in [0.29, 0.717) is 33.6 Å². The standard InChI is InChI=1S/C30H30F2N4/c1-8-12-18(4)24(9-2)20(6)29(32)28-26(10-3)35-36-30(28)21(7)34-27-17-33-16-25(19(27)5)22-13-11-14-23(31)15-22/h8-17,34-35H,1,6-7H2,2-5H3/b18-12-,24-9+,26-10+,29-28-. The molecule has 0 radical (unpaired) electrons. The molecule has 0 saturated heterocycles. The lowest BCUT2D eigenvalue weighted by Crippen LogP contribution is -2.28. The van der Waals surface area contributed by atoms with Crippen molar-refractivity contribution >= 4 is 23.3 Å². The van der Waals surface area contributed by atoms with Gasteiger partial charge < -0.3 is 5.32 Å². The van der Waals surface area contributed by atoms with Gasteiger partial charge in [-0.2, -0.15) is 5.10 Å². The van der Waals surface area contributed by atoms with Gasteiger partial charge in [-0.1, -0.05) is 56.2 Å². The first-order valence-corrected chi connectivity index (χ1v) is 11.5. The molecular formula is C30H30F2N4. The Morgan fingerprint density at radius 2 is 1.92 bits per heavy atom. The molecule has 0 aliphatic carbocycles.